The van der Waals surface area contributed by atoms with E-state index in [1.165, 1.54) is 0 Å². The Morgan fingerprint density at radius 1 is 1.43 bits per heavy atom. The lowest BCUT2D eigenvalue weighted by molar-refractivity contribution is -0.137. The molecule has 0 spiro atoms. The van der Waals surface area contributed by atoms with Crippen molar-refractivity contribution in [1.82, 2.24) is 4.90 Å². The predicted molar refractivity (Wildman–Crippen MR) is 55.6 cm³/mol. The smallest absolute Gasteiger partial charge is 0.225 e. The second-order valence-electron chi connectivity index (χ2n) is 5.11. The molecule has 1 saturated heterocycles. The number of amides is 1. The second-order valence-corrected chi connectivity index (χ2v) is 5.11. The van der Waals surface area contributed by atoms with Crippen LogP contribution in [-0.4, -0.2) is 28.2 Å². The number of carbonyl (C=O) groups excluding carboxylic acids is 1. The Hall–Kier alpha value is -0.570. The van der Waals surface area contributed by atoms with E-state index >= 15 is 0 Å². The van der Waals surface area contributed by atoms with E-state index in [1.54, 1.807) is 4.90 Å². The molecule has 3 nitrogen and oxygen atoms in total. The fraction of sp³-hybridized carbons (Fsp3) is 0.909. The molecule has 1 aliphatic heterocycles. The van der Waals surface area contributed by atoms with Crippen LogP contribution < -0.4 is 0 Å². The molecule has 0 aromatic rings. The van der Waals surface area contributed by atoms with Gasteiger partial charge in [-0.05, 0) is 19.8 Å². The molecule has 0 aliphatic carbocycles. The van der Waals surface area contributed by atoms with Crippen LogP contribution in [0.2, 0.25) is 0 Å². The second kappa shape index (κ2) is 3.54. The van der Waals surface area contributed by atoms with E-state index in [2.05, 4.69) is 13.8 Å². The van der Waals surface area contributed by atoms with E-state index in [-0.39, 0.29) is 17.4 Å². The van der Waals surface area contributed by atoms with Gasteiger partial charge in [-0.3, -0.25) is 4.79 Å². The van der Waals surface area contributed by atoms with Crippen LogP contribution >= 0.6 is 0 Å². The summed E-state index contributed by atoms with van der Waals surface area (Å²) in [5.74, 6) is 0.383. The first-order valence-electron chi connectivity index (χ1n) is 5.30. The minimum Gasteiger partial charge on any atom is -0.373 e. The number of aliphatic hydroxyl groups excluding tert-OH is 1. The zero-order valence-corrected chi connectivity index (χ0v) is 9.74. The molecule has 0 saturated carbocycles. The highest BCUT2D eigenvalue weighted by Gasteiger charge is 2.50. The maximum absolute atomic E-state index is 11.7. The Balaban J connectivity index is 2.94. The third-order valence-electron chi connectivity index (χ3n) is 3.55. The number of aliphatic hydroxyl groups is 1. The summed E-state index contributed by atoms with van der Waals surface area (Å²) in [4.78, 5) is 13.3. The van der Waals surface area contributed by atoms with Gasteiger partial charge < -0.3 is 10.0 Å². The van der Waals surface area contributed by atoms with Gasteiger partial charge in [0.25, 0.3) is 0 Å². The van der Waals surface area contributed by atoms with Crippen LogP contribution in [0.3, 0.4) is 0 Å². The Morgan fingerprint density at radius 2 is 1.93 bits per heavy atom. The molecule has 1 fully saturated rings. The van der Waals surface area contributed by atoms with Crippen LogP contribution in [-0.2, 0) is 4.79 Å². The number of rotatable bonds is 2. The molecule has 0 radical (unpaired) electrons. The van der Waals surface area contributed by atoms with E-state index in [9.17, 15) is 9.90 Å². The van der Waals surface area contributed by atoms with Crippen LogP contribution in [0.25, 0.3) is 0 Å². The summed E-state index contributed by atoms with van der Waals surface area (Å²) in [6, 6.07) is 0.0816. The van der Waals surface area contributed by atoms with Crippen LogP contribution in [0, 0.1) is 11.3 Å². The molecule has 2 unspecified atom stereocenters. The fourth-order valence-electron chi connectivity index (χ4n) is 2.04. The summed E-state index contributed by atoms with van der Waals surface area (Å²) >= 11 is 0. The molecule has 1 aliphatic rings. The van der Waals surface area contributed by atoms with E-state index in [4.69, 9.17) is 0 Å². The van der Waals surface area contributed by atoms with Crippen molar-refractivity contribution in [2.75, 3.05) is 0 Å². The van der Waals surface area contributed by atoms with Crippen molar-refractivity contribution in [3.8, 4) is 0 Å². The largest absolute Gasteiger partial charge is 0.373 e. The summed E-state index contributed by atoms with van der Waals surface area (Å²) in [7, 11) is 0. The van der Waals surface area contributed by atoms with Gasteiger partial charge in [-0.25, -0.2) is 0 Å². The Kier molecular flexibility index (Phi) is 2.91. The first-order valence-corrected chi connectivity index (χ1v) is 5.30. The molecule has 1 N–H and O–H groups in total. The van der Waals surface area contributed by atoms with Crippen LogP contribution in [0.1, 0.15) is 41.0 Å². The van der Waals surface area contributed by atoms with Gasteiger partial charge in [0.2, 0.25) is 5.91 Å². The normalized spacial score (nSPS) is 33.6. The van der Waals surface area contributed by atoms with Gasteiger partial charge in [0.05, 0.1) is 0 Å². The van der Waals surface area contributed by atoms with Crippen molar-refractivity contribution in [3.05, 3.63) is 0 Å². The van der Waals surface area contributed by atoms with Crippen LogP contribution in [0.15, 0.2) is 0 Å². The summed E-state index contributed by atoms with van der Waals surface area (Å²) in [5.41, 5.74) is -0.290. The van der Waals surface area contributed by atoms with Gasteiger partial charge in [-0.15, -0.1) is 0 Å². The lowest BCUT2D eigenvalue weighted by Gasteiger charge is -2.35. The zero-order chi connectivity index (χ0) is 11.1. The predicted octanol–water partition coefficient (Wildman–Crippen LogP) is 1.61. The molecule has 82 valence electrons. The van der Waals surface area contributed by atoms with Gasteiger partial charge in [-0.1, -0.05) is 20.8 Å². The lowest BCUT2D eigenvalue weighted by Crippen LogP contribution is -2.44. The topological polar surface area (TPSA) is 40.5 Å². The minimum atomic E-state index is -0.630. The summed E-state index contributed by atoms with van der Waals surface area (Å²) in [6.07, 6.45) is -0.167. The standard InChI is InChI=1S/C11H21NO2/c1-7(2)11(5)6-9(13)12(8(3)4)10(11)14/h7-8,10,14H,6H2,1-5H3. The summed E-state index contributed by atoms with van der Waals surface area (Å²) < 4.78 is 0. The highest BCUT2D eigenvalue weighted by atomic mass is 16.3. The van der Waals surface area contributed by atoms with Crippen molar-refractivity contribution in [2.24, 2.45) is 11.3 Å². The fourth-order valence-corrected chi connectivity index (χ4v) is 2.04. The van der Waals surface area contributed by atoms with Crippen molar-refractivity contribution in [1.29, 1.82) is 0 Å². The Labute approximate surface area is 86.1 Å². The molecule has 1 rings (SSSR count). The molecule has 0 bridgehead atoms. The zero-order valence-electron chi connectivity index (χ0n) is 9.74. The van der Waals surface area contributed by atoms with Crippen molar-refractivity contribution < 1.29 is 9.90 Å². The minimum absolute atomic E-state index is 0.0729. The first kappa shape index (κ1) is 11.5. The number of nitrogens with zero attached hydrogens (tertiary/aromatic N) is 1. The monoisotopic (exact) mass is 199 g/mol. The molecule has 2 atom stereocenters. The summed E-state index contributed by atoms with van der Waals surface area (Å²) in [5, 5.41) is 10.1. The van der Waals surface area contributed by atoms with E-state index in [0.717, 1.165) is 0 Å². The van der Waals surface area contributed by atoms with Crippen LogP contribution in [0.4, 0.5) is 0 Å². The highest BCUT2D eigenvalue weighted by molar-refractivity contribution is 5.80. The lowest BCUT2D eigenvalue weighted by atomic mass is 9.77. The van der Waals surface area contributed by atoms with E-state index < -0.39 is 6.23 Å². The van der Waals surface area contributed by atoms with Crippen LogP contribution in [0.5, 0.6) is 0 Å². The molecule has 1 heterocycles. The molecule has 1 amide bonds. The summed E-state index contributed by atoms with van der Waals surface area (Å²) in [6.45, 7) is 9.98. The van der Waals surface area contributed by atoms with Crippen molar-refractivity contribution >= 4 is 5.91 Å². The molecule has 3 heteroatoms. The Bertz CT molecular complexity index is 237. The average molecular weight is 199 g/mol. The molecular formula is C11H21NO2. The highest BCUT2D eigenvalue weighted by Crippen LogP contribution is 2.42. The number of hydrogen-bond donors (Lipinski definition) is 1. The average Bonchev–Trinajstić information content (AvgIpc) is 2.24. The van der Waals surface area contributed by atoms with E-state index in [1.807, 2.05) is 20.8 Å². The quantitative estimate of drug-likeness (QED) is 0.734. The molecule has 14 heavy (non-hydrogen) atoms. The third-order valence-corrected chi connectivity index (χ3v) is 3.55. The molecule has 0 aromatic carbocycles. The first-order chi connectivity index (χ1) is 6.30. The Morgan fingerprint density at radius 3 is 2.14 bits per heavy atom. The molecular weight excluding hydrogens is 178 g/mol. The maximum Gasteiger partial charge on any atom is 0.225 e. The SMILES string of the molecule is CC(C)N1C(=O)CC(C)(C(C)C)C1O. The number of likely N-dealkylation sites (tertiary alicyclic amines) is 1. The van der Waals surface area contributed by atoms with Gasteiger partial charge in [0, 0.05) is 17.9 Å². The van der Waals surface area contributed by atoms with Crippen molar-refractivity contribution in [3.63, 3.8) is 0 Å². The molecule has 0 aromatic heterocycles. The number of hydrogen-bond acceptors (Lipinski definition) is 2. The third kappa shape index (κ3) is 1.54. The van der Waals surface area contributed by atoms with E-state index in [0.29, 0.717) is 12.3 Å². The van der Waals surface area contributed by atoms with Gasteiger partial charge >= 0.3 is 0 Å². The van der Waals surface area contributed by atoms with Crippen molar-refractivity contribution in [2.45, 2.75) is 53.3 Å². The maximum atomic E-state index is 11.7. The van der Waals surface area contributed by atoms with Gasteiger partial charge in [0.15, 0.2) is 0 Å². The van der Waals surface area contributed by atoms with Gasteiger partial charge in [0.1, 0.15) is 6.23 Å². The van der Waals surface area contributed by atoms with Gasteiger partial charge in [-0.2, -0.15) is 0 Å². The number of carbonyl (C=O) groups is 1.